The van der Waals surface area contributed by atoms with Crippen molar-refractivity contribution in [1.29, 1.82) is 0 Å². The molecule has 1 aliphatic heterocycles. The summed E-state index contributed by atoms with van der Waals surface area (Å²) in [6.45, 7) is 5.47. The maximum Gasteiger partial charge on any atom is 0.269 e. The Balaban J connectivity index is 1.31. The van der Waals surface area contributed by atoms with Gasteiger partial charge in [-0.05, 0) is 17.7 Å². The first-order valence-electron chi connectivity index (χ1n) is 9.31. The number of hydrogen-bond acceptors (Lipinski definition) is 6. The number of nitro groups is 1. The fraction of sp³-hybridized carbons (Fsp3) is 0.350. The highest BCUT2D eigenvalue weighted by Crippen LogP contribution is 2.20. The fourth-order valence-electron chi connectivity index (χ4n) is 3.54. The summed E-state index contributed by atoms with van der Waals surface area (Å²) in [7, 11) is 1.66. The molecule has 2 heterocycles. The van der Waals surface area contributed by atoms with E-state index in [0.29, 0.717) is 0 Å². The standard InChI is InChI=1S/C20H23N5O3/c1-28-17-6-7-18-19(12-17)22-20(21-18)14-24-10-8-23(9-11-24)13-15-2-4-16(5-3-15)25(26)27/h2-7,12H,8-11,13-14H2,1H3,(H,21,22). The molecule has 2 aromatic carbocycles. The van der Waals surface area contributed by atoms with Gasteiger partial charge in [0.2, 0.25) is 0 Å². The normalized spacial score (nSPS) is 15.8. The number of piperazine rings is 1. The first kappa shape index (κ1) is 18.4. The van der Waals surface area contributed by atoms with E-state index in [1.165, 1.54) is 0 Å². The average molecular weight is 381 g/mol. The third-order valence-corrected chi connectivity index (χ3v) is 5.13. The van der Waals surface area contributed by atoms with Crippen molar-refractivity contribution in [2.75, 3.05) is 33.3 Å². The van der Waals surface area contributed by atoms with Gasteiger partial charge in [-0.15, -0.1) is 0 Å². The summed E-state index contributed by atoms with van der Waals surface area (Å²) in [4.78, 5) is 23.2. The van der Waals surface area contributed by atoms with E-state index >= 15 is 0 Å². The van der Waals surface area contributed by atoms with Gasteiger partial charge in [0.25, 0.3) is 5.69 Å². The molecular formula is C20H23N5O3. The number of nitrogens with one attached hydrogen (secondary N) is 1. The SMILES string of the molecule is COc1ccc2nc(CN3CCN(Cc4ccc([N+](=O)[O-])cc4)CC3)[nH]c2c1. The number of non-ortho nitro benzene ring substituents is 1. The van der Waals surface area contributed by atoms with Gasteiger partial charge in [0.05, 0.1) is 29.6 Å². The Hall–Kier alpha value is -2.97. The fourth-order valence-corrected chi connectivity index (χ4v) is 3.54. The van der Waals surface area contributed by atoms with Crippen molar-refractivity contribution >= 4 is 16.7 Å². The molecule has 28 heavy (non-hydrogen) atoms. The molecule has 1 aliphatic rings. The van der Waals surface area contributed by atoms with E-state index in [2.05, 4.69) is 19.8 Å². The molecule has 0 atom stereocenters. The van der Waals surface area contributed by atoms with E-state index in [1.807, 2.05) is 30.3 Å². The molecule has 3 aromatic rings. The number of nitro benzene ring substituents is 1. The lowest BCUT2D eigenvalue weighted by Gasteiger charge is -2.34. The highest BCUT2D eigenvalue weighted by atomic mass is 16.6. The average Bonchev–Trinajstić information content (AvgIpc) is 3.11. The first-order chi connectivity index (χ1) is 13.6. The number of benzene rings is 2. The monoisotopic (exact) mass is 381 g/mol. The Kier molecular flexibility index (Phi) is 5.23. The molecule has 0 bridgehead atoms. The van der Waals surface area contributed by atoms with Gasteiger partial charge in [0.15, 0.2) is 0 Å². The van der Waals surface area contributed by atoms with Crippen LogP contribution < -0.4 is 4.74 Å². The maximum absolute atomic E-state index is 10.8. The second-order valence-corrected chi connectivity index (χ2v) is 7.04. The zero-order chi connectivity index (χ0) is 19.5. The molecule has 0 unspecified atom stereocenters. The van der Waals surface area contributed by atoms with Crippen LogP contribution in [0.2, 0.25) is 0 Å². The Morgan fingerprint density at radius 2 is 1.75 bits per heavy atom. The van der Waals surface area contributed by atoms with E-state index in [1.54, 1.807) is 19.2 Å². The van der Waals surface area contributed by atoms with Crippen molar-refractivity contribution in [3.8, 4) is 5.75 Å². The summed E-state index contributed by atoms with van der Waals surface area (Å²) in [5.74, 6) is 1.79. The van der Waals surface area contributed by atoms with Gasteiger partial charge in [0.1, 0.15) is 11.6 Å². The van der Waals surface area contributed by atoms with Crippen molar-refractivity contribution in [1.82, 2.24) is 19.8 Å². The second kappa shape index (κ2) is 7.95. The minimum atomic E-state index is -0.364. The van der Waals surface area contributed by atoms with Gasteiger partial charge < -0.3 is 9.72 Å². The van der Waals surface area contributed by atoms with Gasteiger partial charge in [-0.3, -0.25) is 19.9 Å². The lowest BCUT2D eigenvalue weighted by molar-refractivity contribution is -0.384. The van der Waals surface area contributed by atoms with Crippen LogP contribution in [0.25, 0.3) is 11.0 Å². The van der Waals surface area contributed by atoms with E-state index in [0.717, 1.165) is 67.4 Å². The molecule has 8 heteroatoms. The zero-order valence-electron chi connectivity index (χ0n) is 15.8. The van der Waals surface area contributed by atoms with Crippen LogP contribution in [-0.4, -0.2) is 58.0 Å². The number of nitrogens with zero attached hydrogens (tertiary/aromatic N) is 4. The topological polar surface area (TPSA) is 87.5 Å². The molecule has 8 nitrogen and oxygen atoms in total. The van der Waals surface area contributed by atoms with Crippen molar-refractivity contribution in [3.05, 3.63) is 64.0 Å². The number of imidazole rings is 1. The number of aromatic amines is 1. The lowest BCUT2D eigenvalue weighted by atomic mass is 10.2. The molecule has 0 aliphatic carbocycles. The molecule has 0 spiro atoms. The molecule has 4 rings (SSSR count). The van der Waals surface area contributed by atoms with E-state index in [9.17, 15) is 10.1 Å². The third-order valence-electron chi connectivity index (χ3n) is 5.13. The van der Waals surface area contributed by atoms with E-state index < -0.39 is 0 Å². The third kappa shape index (κ3) is 4.13. The smallest absolute Gasteiger partial charge is 0.269 e. The predicted molar refractivity (Wildman–Crippen MR) is 106 cm³/mol. The molecule has 0 amide bonds. The number of H-pyrrole nitrogens is 1. The molecule has 1 N–H and O–H groups in total. The van der Waals surface area contributed by atoms with E-state index in [-0.39, 0.29) is 10.6 Å². The summed E-state index contributed by atoms with van der Waals surface area (Å²) in [6.07, 6.45) is 0. The predicted octanol–water partition coefficient (Wildman–Crippen LogP) is 2.80. The summed E-state index contributed by atoms with van der Waals surface area (Å²) in [5, 5.41) is 10.8. The van der Waals surface area contributed by atoms with Gasteiger partial charge in [-0.1, -0.05) is 12.1 Å². The molecular weight excluding hydrogens is 358 g/mol. The minimum absolute atomic E-state index is 0.136. The summed E-state index contributed by atoms with van der Waals surface area (Å²) < 4.78 is 5.26. The number of ether oxygens (including phenoxy) is 1. The Labute approximate surface area is 162 Å². The largest absolute Gasteiger partial charge is 0.497 e. The summed E-state index contributed by atoms with van der Waals surface area (Å²) in [6, 6.07) is 12.7. The summed E-state index contributed by atoms with van der Waals surface area (Å²) in [5.41, 5.74) is 3.18. The van der Waals surface area contributed by atoms with Crippen LogP contribution in [0.15, 0.2) is 42.5 Å². The Morgan fingerprint density at radius 1 is 1.07 bits per heavy atom. The molecule has 1 fully saturated rings. The number of fused-ring (bicyclic) bond motifs is 1. The number of hydrogen-bond donors (Lipinski definition) is 1. The van der Waals surface area contributed by atoms with Gasteiger partial charge in [0, 0.05) is 50.9 Å². The highest BCUT2D eigenvalue weighted by Gasteiger charge is 2.18. The number of aromatic nitrogens is 2. The summed E-state index contributed by atoms with van der Waals surface area (Å²) >= 11 is 0. The van der Waals surface area contributed by atoms with Gasteiger partial charge >= 0.3 is 0 Å². The van der Waals surface area contributed by atoms with Gasteiger partial charge in [-0.2, -0.15) is 0 Å². The second-order valence-electron chi connectivity index (χ2n) is 7.04. The molecule has 1 saturated heterocycles. The van der Waals surface area contributed by atoms with Crippen molar-refractivity contribution in [3.63, 3.8) is 0 Å². The Morgan fingerprint density at radius 3 is 2.39 bits per heavy atom. The maximum atomic E-state index is 10.8. The van der Waals surface area contributed by atoms with Crippen LogP contribution in [0.1, 0.15) is 11.4 Å². The van der Waals surface area contributed by atoms with Crippen LogP contribution in [-0.2, 0) is 13.1 Å². The quantitative estimate of drug-likeness (QED) is 0.522. The minimum Gasteiger partial charge on any atom is -0.497 e. The van der Waals surface area contributed by atoms with Gasteiger partial charge in [-0.25, -0.2) is 4.98 Å². The van der Waals surface area contributed by atoms with Crippen molar-refractivity contribution < 1.29 is 9.66 Å². The zero-order valence-corrected chi connectivity index (χ0v) is 15.8. The van der Waals surface area contributed by atoms with Crippen molar-refractivity contribution in [2.45, 2.75) is 13.1 Å². The first-order valence-corrected chi connectivity index (χ1v) is 9.31. The van der Waals surface area contributed by atoms with Crippen LogP contribution >= 0.6 is 0 Å². The highest BCUT2D eigenvalue weighted by molar-refractivity contribution is 5.76. The number of methoxy groups -OCH3 is 1. The van der Waals surface area contributed by atoms with Crippen LogP contribution in [0.5, 0.6) is 5.75 Å². The molecule has 1 aromatic heterocycles. The van der Waals surface area contributed by atoms with Crippen molar-refractivity contribution in [2.24, 2.45) is 0 Å². The Bertz CT molecular complexity index is 962. The molecule has 146 valence electrons. The van der Waals surface area contributed by atoms with Crippen LogP contribution in [0, 0.1) is 10.1 Å². The van der Waals surface area contributed by atoms with Crippen LogP contribution in [0.3, 0.4) is 0 Å². The van der Waals surface area contributed by atoms with Crippen LogP contribution in [0.4, 0.5) is 5.69 Å². The number of rotatable bonds is 6. The molecule has 0 radical (unpaired) electrons. The molecule has 0 saturated carbocycles. The van der Waals surface area contributed by atoms with E-state index in [4.69, 9.17) is 4.74 Å². The lowest BCUT2D eigenvalue weighted by Crippen LogP contribution is -2.45.